The van der Waals surface area contributed by atoms with Crippen LogP contribution in [0.3, 0.4) is 0 Å². The number of ether oxygens (including phenoxy) is 1. The van der Waals surface area contributed by atoms with Crippen molar-refractivity contribution in [2.24, 2.45) is 0 Å². The number of hydrogen-bond acceptors (Lipinski definition) is 4. The monoisotopic (exact) mass is 250 g/mol. The molecule has 2 amide bonds. The summed E-state index contributed by atoms with van der Waals surface area (Å²) in [6.45, 7) is 2.57. The molecule has 96 valence electrons. The van der Waals surface area contributed by atoms with Crippen molar-refractivity contribution < 1.29 is 19.1 Å². The van der Waals surface area contributed by atoms with Gasteiger partial charge in [0.05, 0.1) is 5.56 Å². The topological polar surface area (TPSA) is 84.5 Å². The lowest BCUT2D eigenvalue weighted by Crippen LogP contribution is -2.42. The summed E-state index contributed by atoms with van der Waals surface area (Å²) >= 11 is 0. The normalized spacial score (nSPS) is 9.44. The van der Waals surface area contributed by atoms with E-state index in [0.717, 1.165) is 5.56 Å². The fraction of sp³-hybridized carbons (Fsp3) is 0.250. The number of aryl methyl sites for hydroxylation is 1. The van der Waals surface area contributed by atoms with E-state index in [1.54, 1.807) is 31.2 Å². The largest absolute Gasteiger partial charge is 0.452 e. The van der Waals surface area contributed by atoms with Crippen molar-refractivity contribution in [1.82, 2.24) is 10.9 Å². The molecule has 18 heavy (non-hydrogen) atoms. The summed E-state index contributed by atoms with van der Waals surface area (Å²) in [4.78, 5) is 33.3. The van der Waals surface area contributed by atoms with Crippen LogP contribution in [0.2, 0.25) is 0 Å². The van der Waals surface area contributed by atoms with Crippen LogP contribution in [-0.2, 0) is 14.3 Å². The lowest BCUT2D eigenvalue weighted by molar-refractivity contribution is -0.129. The first-order valence-electron chi connectivity index (χ1n) is 5.29. The second-order valence-electron chi connectivity index (χ2n) is 3.62. The van der Waals surface area contributed by atoms with Gasteiger partial charge in [-0.15, -0.1) is 0 Å². The van der Waals surface area contributed by atoms with Crippen molar-refractivity contribution in [2.45, 2.75) is 13.8 Å². The van der Waals surface area contributed by atoms with Crippen LogP contribution < -0.4 is 10.9 Å². The molecule has 1 aromatic rings. The molecule has 0 aliphatic rings. The van der Waals surface area contributed by atoms with E-state index in [2.05, 4.69) is 10.9 Å². The number of esters is 1. The van der Waals surface area contributed by atoms with Crippen molar-refractivity contribution >= 4 is 17.8 Å². The van der Waals surface area contributed by atoms with Gasteiger partial charge in [0.2, 0.25) is 5.91 Å². The maximum absolute atomic E-state index is 11.6. The van der Waals surface area contributed by atoms with Crippen LogP contribution in [-0.4, -0.2) is 24.4 Å². The Bertz CT molecular complexity index is 471. The standard InChI is InChI=1S/C12H14N2O4/c1-8-5-3-4-6-10(8)12(17)18-7-11(16)14-13-9(2)15/h3-6H,7H2,1-2H3,(H,13,15)(H,14,16). The van der Waals surface area contributed by atoms with E-state index >= 15 is 0 Å². The smallest absolute Gasteiger partial charge is 0.338 e. The predicted octanol–water partition coefficient (Wildman–Crippen LogP) is 0.319. The summed E-state index contributed by atoms with van der Waals surface area (Å²) < 4.78 is 4.80. The van der Waals surface area contributed by atoms with Gasteiger partial charge in [0.25, 0.3) is 5.91 Å². The van der Waals surface area contributed by atoms with Crippen LogP contribution in [0.1, 0.15) is 22.8 Å². The number of amides is 2. The highest BCUT2D eigenvalue weighted by atomic mass is 16.5. The van der Waals surface area contributed by atoms with Crippen molar-refractivity contribution in [3.05, 3.63) is 35.4 Å². The minimum absolute atomic E-state index is 0.407. The van der Waals surface area contributed by atoms with Gasteiger partial charge in [0, 0.05) is 6.92 Å². The van der Waals surface area contributed by atoms with Crippen molar-refractivity contribution in [2.75, 3.05) is 6.61 Å². The zero-order valence-corrected chi connectivity index (χ0v) is 10.1. The van der Waals surface area contributed by atoms with Gasteiger partial charge in [0.1, 0.15) is 0 Å². The highest BCUT2D eigenvalue weighted by Crippen LogP contribution is 2.08. The third-order valence-electron chi connectivity index (χ3n) is 2.08. The van der Waals surface area contributed by atoms with Crippen molar-refractivity contribution in [1.29, 1.82) is 0 Å². The molecule has 0 aliphatic carbocycles. The molecule has 0 bridgehead atoms. The molecular formula is C12H14N2O4. The molecule has 0 heterocycles. The van der Waals surface area contributed by atoms with Gasteiger partial charge in [-0.1, -0.05) is 18.2 Å². The van der Waals surface area contributed by atoms with Gasteiger partial charge >= 0.3 is 5.97 Å². The summed E-state index contributed by atoms with van der Waals surface area (Å²) in [5.41, 5.74) is 5.35. The Labute approximate surface area is 104 Å². The lowest BCUT2D eigenvalue weighted by Gasteiger charge is -2.07. The van der Waals surface area contributed by atoms with Crippen LogP contribution >= 0.6 is 0 Å². The van der Waals surface area contributed by atoms with E-state index in [-0.39, 0.29) is 0 Å². The second kappa shape index (κ2) is 6.39. The Balaban J connectivity index is 2.45. The molecule has 0 saturated heterocycles. The average molecular weight is 250 g/mol. The van der Waals surface area contributed by atoms with Crippen molar-refractivity contribution in [3.63, 3.8) is 0 Å². The maximum atomic E-state index is 11.6. The fourth-order valence-electron chi connectivity index (χ4n) is 1.20. The lowest BCUT2D eigenvalue weighted by atomic mass is 10.1. The minimum atomic E-state index is -0.605. The Morgan fingerprint density at radius 1 is 1.17 bits per heavy atom. The van der Waals surface area contributed by atoms with Gasteiger partial charge in [-0.3, -0.25) is 20.4 Å². The molecule has 0 aromatic heterocycles. The molecule has 1 aromatic carbocycles. The summed E-state index contributed by atoms with van der Waals surface area (Å²) in [7, 11) is 0. The molecule has 0 spiro atoms. The first kappa shape index (κ1) is 13.7. The molecule has 0 saturated carbocycles. The Kier molecular flexibility index (Phi) is 4.86. The van der Waals surface area contributed by atoms with Gasteiger partial charge in [0.15, 0.2) is 6.61 Å². The van der Waals surface area contributed by atoms with Crippen LogP contribution in [0.5, 0.6) is 0 Å². The molecule has 6 heteroatoms. The number of nitrogens with one attached hydrogen (secondary N) is 2. The first-order valence-corrected chi connectivity index (χ1v) is 5.29. The summed E-state index contributed by atoms with van der Waals surface area (Å²) in [6.07, 6.45) is 0. The third kappa shape index (κ3) is 4.25. The summed E-state index contributed by atoms with van der Waals surface area (Å²) in [6, 6.07) is 6.90. The van der Waals surface area contributed by atoms with Crippen LogP contribution in [0, 0.1) is 6.92 Å². The number of rotatable bonds is 3. The molecule has 0 radical (unpaired) electrons. The van der Waals surface area contributed by atoms with Gasteiger partial charge < -0.3 is 4.74 Å². The zero-order valence-electron chi connectivity index (χ0n) is 10.1. The summed E-state index contributed by atoms with van der Waals surface area (Å²) in [5.74, 6) is -1.59. The Hall–Kier alpha value is -2.37. The zero-order chi connectivity index (χ0) is 13.5. The number of carbonyl (C=O) groups is 3. The molecule has 0 aliphatic heterocycles. The van der Waals surface area contributed by atoms with E-state index in [4.69, 9.17) is 4.74 Å². The maximum Gasteiger partial charge on any atom is 0.338 e. The SMILES string of the molecule is CC(=O)NNC(=O)COC(=O)c1ccccc1C. The quantitative estimate of drug-likeness (QED) is 0.597. The fourth-order valence-corrected chi connectivity index (χ4v) is 1.20. The van der Waals surface area contributed by atoms with Crippen LogP contribution in [0.4, 0.5) is 0 Å². The highest BCUT2D eigenvalue weighted by molar-refractivity contribution is 5.92. The second-order valence-corrected chi connectivity index (χ2v) is 3.62. The summed E-state index contributed by atoms with van der Waals surface area (Å²) in [5, 5.41) is 0. The molecule has 1 rings (SSSR count). The highest BCUT2D eigenvalue weighted by Gasteiger charge is 2.11. The van der Waals surface area contributed by atoms with E-state index in [9.17, 15) is 14.4 Å². The molecule has 0 unspecified atom stereocenters. The Morgan fingerprint density at radius 2 is 1.83 bits per heavy atom. The Morgan fingerprint density at radius 3 is 2.44 bits per heavy atom. The molecule has 0 fully saturated rings. The number of carbonyl (C=O) groups excluding carboxylic acids is 3. The average Bonchev–Trinajstić information content (AvgIpc) is 2.34. The van der Waals surface area contributed by atoms with E-state index in [1.807, 2.05) is 0 Å². The number of hydrazine groups is 1. The molecule has 0 atom stereocenters. The minimum Gasteiger partial charge on any atom is -0.452 e. The van der Waals surface area contributed by atoms with Gasteiger partial charge in [-0.05, 0) is 18.6 Å². The van der Waals surface area contributed by atoms with Gasteiger partial charge in [-0.25, -0.2) is 4.79 Å². The van der Waals surface area contributed by atoms with Gasteiger partial charge in [-0.2, -0.15) is 0 Å². The van der Waals surface area contributed by atoms with E-state index in [1.165, 1.54) is 6.92 Å². The van der Waals surface area contributed by atoms with Crippen LogP contribution in [0.15, 0.2) is 24.3 Å². The van der Waals surface area contributed by atoms with Crippen molar-refractivity contribution in [3.8, 4) is 0 Å². The molecule has 6 nitrogen and oxygen atoms in total. The number of benzene rings is 1. The van der Waals surface area contributed by atoms with Crippen LogP contribution in [0.25, 0.3) is 0 Å². The number of hydrogen-bond donors (Lipinski definition) is 2. The third-order valence-corrected chi connectivity index (χ3v) is 2.08. The molecule has 2 N–H and O–H groups in total. The predicted molar refractivity (Wildman–Crippen MR) is 63.4 cm³/mol. The van der Waals surface area contributed by atoms with E-state index in [0.29, 0.717) is 5.56 Å². The molecular weight excluding hydrogens is 236 g/mol. The van der Waals surface area contributed by atoms with E-state index < -0.39 is 24.4 Å². The first-order chi connectivity index (χ1) is 8.50.